The smallest absolute Gasteiger partial charge is 0.225 e. The van der Waals surface area contributed by atoms with Gasteiger partial charge in [-0.15, -0.1) is 0 Å². The lowest BCUT2D eigenvalue weighted by Gasteiger charge is -2.02. The van der Waals surface area contributed by atoms with Gasteiger partial charge in [0.05, 0.1) is 5.56 Å². The Bertz CT molecular complexity index is 531. The van der Waals surface area contributed by atoms with Crippen LogP contribution in [0.4, 0.5) is 14.7 Å². The molecular weight excluding hydrogens is 282 g/mol. The van der Waals surface area contributed by atoms with E-state index in [2.05, 4.69) is 25.6 Å². The van der Waals surface area contributed by atoms with E-state index in [-0.39, 0.29) is 17.1 Å². The lowest BCUT2D eigenvalue weighted by molar-refractivity contribution is 0.437. The average Bonchev–Trinajstić information content (AvgIpc) is 2.48. The fourth-order valence-corrected chi connectivity index (χ4v) is 1.75. The highest BCUT2D eigenvalue weighted by molar-refractivity contribution is 9.10. The Kier molecular flexibility index (Phi) is 2.67. The SMILES string of the molecule is Cc1c(-c2c(F)cc(Br)cc2F)noc1N. The lowest BCUT2D eigenvalue weighted by atomic mass is 10.1. The lowest BCUT2D eigenvalue weighted by Crippen LogP contribution is -1.93. The fourth-order valence-electron chi connectivity index (χ4n) is 1.35. The largest absolute Gasteiger partial charge is 0.367 e. The van der Waals surface area contributed by atoms with Gasteiger partial charge in [0, 0.05) is 10.0 Å². The van der Waals surface area contributed by atoms with Gasteiger partial charge in [0.15, 0.2) is 0 Å². The molecule has 2 aromatic rings. The normalized spacial score (nSPS) is 10.8. The molecule has 0 bridgehead atoms. The summed E-state index contributed by atoms with van der Waals surface area (Å²) >= 11 is 2.99. The maximum atomic E-state index is 13.6. The summed E-state index contributed by atoms with van der Waals surface area (Å²) in [5.41, 5.74) is 5.69. The van der Waals surface area contributed by atoms with E-state index < -0.39 is 11.6 Å². The Hall–Kier alpha value is -1.43. The number of nitrogens with two attached hydrogens (primary N) is 1. The summed E-state index contributed by atoms with van der Waals surface area (Å²) in [6.45, 7) is 1.59. The Labute approximate surface area is 98.4 Å². The first-order valence-corrected chi connectivity index (χ1v) is 5.16. The molecule has 2 rings (SSSR count). The van der Waals surface area contributed by atoms with E-state index in [1.165, 1.54) is 0 Å². The van der Waals surface area contributed by atoms with E-state index in [9.17, 15) is 8.78 Å². The van der Waals surface area contributed by atoms with Crippen LogP contribution in [-0.4, -0.2) is 5.16 Å². The summed E-state index contributed by atoms with van der Waals surface area (Å²) in [6.07, 6.45) is 0. The van der Waals surface area contributed by atoms with Gasteiger partial charge in [-0.25, -0.2) is 8.78 Å². The molecule has 0 atom stereocenters. The van der Waals surface area contributed by atoms with Gasteiger partial charge in [0.1, 0.15) is 17.3 Å². The number of halogens is 3. The molecule has 0 spiro atoms. The van der Waals surface area contributed by atoms with E-state index in [0.29, 0.717) is 10.0 Å². The molecule has 0 saturated heterocycles. The molecule has 16 heavy (non-hydrogen) atoms. The Morgan fingerprint density at radius 3 is 2.31 bits per heavy atom. The highest BCUT2D eigenvalue weighted by Gasteiger charge is 2.19. The number of hydrogen-bond acceptors (Lipinski definition) is 3. The zero-order valence-corrected chi connectivity index (χ0v) is 9.81. The topological polar surface area (TPSA) is 52.0 Å². The van der Waals surface area contributed by atoms with Gasteiger partial charge < -0.3 is 10.3 Å². The summed E-state index contributed by atoms with van der Waals surface area (Å²) in [5, 5.41) is 3.54. The molecular formula is C10H7BrF2N2O. The summed E-state index contributed by atoms with van der Waals surface area (Å²) in [4.78, 5) is 0. The quantitative estimate of drug-likeness (QED) is 0.876. The summed E-state index contributed by atoms with van der Waals surface area (Å²) < 4.78 is 32.2. The van der Waals surface area contributed by atoms with Crippen molar-refractivity contribution in [2.75, 3.05) is 5.73 Å². The number of rotatable bonds is 1. The maximum Gasteiger partial charge on any atom is 0.225 e. The second kappa shape index (κ2) is 3.86. The first kappa shape index (κ1) is 11.1. The molecule has 0 radical (unpaired) electrons. The fraction of sp³-hybridized carbons (Fsp3) is 0.100. The van der Waals surface area contributed by atoms with E-state index in [0.717, 1.165) is 12.1 Å². The monoisotopic (exact) mass is 288 g/mol. The minimum atomic E-state index is -0.719. The van der Waals surface area contributed by atoms with Gasteiger partial charge >= 0.3 is 0 Å². The van der Waals surface area contributed by atoms with Crippen LogP contribution in [0.3, 0.4) is 0 Å². The van der Waals surface area contributed by atoms with Crippen LogP contribution in [0.1, 0.15) is 5.56 Å². The van der Waals surface area contributed by atoms with Crippen molar-refractivity contribution < 1.29 is 13.3 Å². The standard InChI is InChI=1S/C10H7BrF2N2O/c1-4-9(15-16-10(4)14)8-6(12)2-5(11)3-7(8)13/h2-3H,14H2,1H3. The van der Waals surface area contributed by atoms with Gasteiger partial charge in [-0.2, -0.15) is 0 Å². The molecule has 0 amide bonds. The molecule has 84 valence electrons. The zero-order chi connectivity index (χ0) is 11.9. The van der Waals surface area contributed by atoms with Crippen LogP contribution in [0.2, 0.25) is 0 Å². The molecule has 1 aromatic carbocycles. The highest BCUT2D eigenvalue weighted by Crippen LogP contribution is 2.32. The van der Waals surface area contributed by atoms with Crippen molar-refractivity contribution in [3.05, 3.63) is 33.8 Å². The number of nitrogens with zero attached hydrogens (tertiary/aromatic N) is 1. The van der Waals surface area contributed by atoms with Gasteiger partial charge in [-0.05, 0) is 19.1 Å². The Morgan fingerprint density at radius 1 is 1.31 bits per heavy atom. The van der Waals surface area contributed by atoms with Crippen LogP contribution >= 0.6 is 15.9 Å². The van der Waals surface area contributed by atoms with Crippen molar-refractivity contribution in [2.45, 2.75) is 6.92 Å². The van der Waals surface area contributed by atoms with E-state index in [4.69, 9.17) is 5.73 Å². The summed E-state index contributed by atoms with van der Waals surface area (Å²) in [5.74, 6) is -1.39. The predicted octanol–water partition coefficient (Wildman–Crippen LogP) is 3.27. The van der Waals surface area contributed by atoms with Crippen LogP contribution in [0.5, 0.6) is 0 Å². The van der Waals surface area contributed by atoms with Crippen molar-refractivity contribution in [2.24, 2.45) is 0 Å². The van der Waals surface area contributed by atoms with Crippen LogP contribution < -0.4 is 5.73 Å². The van der Waals surface area contributed by atoms with E-state index in [1.807, 2.05) is 0 Å². The first-order chi connectivity index (χ1) is 7.50. The van der Waals surface area contributed by atoms with Gasteiger partial charge in [0.2, 0.25) is 5.88 Å². The number of anilines is 1. The second-order valence-corrected chi connectivity index (χ2v) is 4.18. The van der Waals surface area contributed by atoms with E-state index >= 15 is 0 Å². The second-order valence-electron chi connectivity index (χ2n) is 3.26. The minimum Gasteiger partial charge on any atom is -0.367 e. The average molecular weight is 289 g/mol. The highest BCUT2D eigenvalue weighted by atomic mass is 79.9. The van der Waals surface area contributed by atoms with Gasteiger partial charge in [-0.3, -0.25) is 0 Å². The molecule has 1 aromatic heterocycles. The van der Waals surface area contributed by atoms with Gasteiger partial charge in [-0.1, -0.05) is 21.1 Å². The van der Waals surface area contributed by atoms with Crippen molar-refractivity contribution >= 4 is 21.8 Å². The van der Waals surface area contributed by atoms with Crippen molar-refractivity contribution in [3.63, 3.8) is 0 Å². The third kappa shape index (κ3) is 1.69. The van der Waals surface area contributed by atoms with Gasteiger partial charge in [0.25, 0.3) is 0 Å². The minimum absolute atomic E-state index is 0.0525. The third-order valence-corrected chi connectivity index (χ3v) is 2.66. The van der Waals surface area contributed by atoms with Crippen molar-refractivity contribution in [3.8, 4) is 11.3 Å². The summed E-state index contributed by atoms with van der Waals surface area (Å²) in [6, 6.07) is 2.31. The molecule has 0 aliphatic carbocycles. The molecule has 6 heteroatoms. The van der Waals surface area contributed by atoms with Crippen molar-refractivity contribution in [1.29, 1.82) is 0 Å². The molecule has 0 unspecified atom stereocenters. The zero-order valence-electron chi connectivity index (χ0n) is 8.22. The molecule has 2 N–H and O–H groups in total. The molecule has 1 heterocycles. The van der Waals surface area contributed by atoms with Crippen molar-refractivity contribution in [1.82, 2.24) is 5.16 Å². The number of benzene rings is 1. The van der Waals surface area contributed by atoms with Crippen LogP contribution in [-0.2, 0) is 0 Å². The van der Waals surface area contributed by atoms with Crippen LogP contribution in [0, 0.1) is 18.6 Å². The molecule has 0 aliphatic rings. The number of hydrogen-bond donors (Lipinski definition) is 1. The van der Waals surface area contributed by atoms with Crippen LogP contribution in [0.25, 0.3) is 11.3 Å². The molecule has 0 fully saturated rings. The summed E-state index contributed by atoms with van der Waals surface area (Å²) in [7, 11) is 0. The first-order valence-electron chi connectivity index (χ1n) is 4.37. The number of nitrogen functional groups attached to an aromatic ring is 1. The maximum absolute atomic E-state index is 13.6. The molecule has 0 aliphatic heterocycles. The predicted molar refractivity (Wildman–Crippen MR) is 58.7 cm³/mol. The third-order valence-electron chi connectivity index (χ3n) is 2.20. The van der Waals surface area contributed by atoms with Crippen LogP contribution in [0.15, 0.2) is 21.1 Å². The molecule has 0 saturated carbocycles. The Balaban J connectivity index is 2.69. The van der Waals surface area contributed by atoms with E-state index in [1.54, 1.807) is 6.92 Å². The number of aromatic nitrogens is 1. The Morgan fingerprint density at radius 2 is 1.88 bits per heavy atom. The molecule has 3 nitrogen and oxygen atoms in total.